The number of rotatable bonds is 16. The molecule has 1 amide bonds. The lowest BCUT2D eigenvalue weighted by Crippen LogP contribution is -2.46. The van der Waals surface area contributed by atoms with Gasteiger partial charge in [-0.3, -0.25) is 43.6 Å². The van der Waals surface area contributed by atoms with Crippen LogP contribution in [0.4, 0.5) is 0 Å². The average molecular weight is 590 g/mol. The van der Waals surface area contributed by atoms with Gasteiger partial charge in [0.1, 0.15) is 13.3 Å². The molecule has 0 aliphatic carbocycles. The lowest BCUT2D eigenvalue weighted by atomic mass is 10.1. The van der Waals surface area contributed by atoms with Crippen LogP contribution in [0.1, 0.15) is 26.7 Å². The zero-order valence-electron chi connectivity index (χ0n) is 24.3. The van der Waals surface area contributed by atoms with Gasteiger partial charge in [-0.2, -0.15) is 0 Å². The highest BCUT2D eigenvalue weighted by Gasteiger charge is 2.19. The molecule has 236 valence electrons. The van der Waals surface area contributed by atoms with E-state index in [2.05, 4.69) is 5.32 Å². The first-order valence-corrected chi connectivity index (χ1v) is 14.0. The number of nitrogens with zero attached hydrogens (tertiary/aromatic N) is 4. The SMILES string of the molecule is CC(C)C(=O)COCCOCNC(=O)CN1CCCN(CC(=O)O)CCN(CC(=O)O)CCCN(CC(=O)O)CC1. The fourth-order valence-corrected chi connectivity index (χ4v) is 4.18. The number of carbonyl (C=O) groups is 5. The van der Waals surface area contributed by atoms with Gasteiger partial charge in [0, 0.05) is 51.7 Å². The highest BCUT2D eigenvalue weighted by molar-refractivity contribution is 5.81. The van der Waals surface area contributed by atoms with Crippen molar-refractivity contribution in [3.63, 3.8) is 0 Å². The van der Waals surface area contributed by atoms with Gasteiger partial charge in [-0.25, -0.2) is 0 Å². The molecule has 0 atom stereocenters. The van der Waals surface area contributed by atoms with Crippen LogP contribution in [0.25, 0.3) is 0 Å². The van der Waals surface area contributed by atoms with Crippen LogP contribution in [0.15, 0.2) is 0 Å². The summed E-state index contributed by atoms with van der Waals surface area (Å²) >= 11 is 0. The van der Waals surface area contributed by atoms with Crippen molar-refractivity contribution in [3.05, 3.63) is 0 Å². The predicted octanol–water partition coefficient (Wildman–Crippen LogP) is -1.43. The molecule has 15 heteroatoms. The van der Waals surface area contributed by atoms with E-state index in [4.69, 9.17) is 9.47 Å². The smallest absolute Gasteiger partial charge is 0.317 e. The van der Waals surface area contributed by atoms with Gasteiger partial charge < -0.3 is 30.1 Å². The quantitative estimate of drug-likeness (QED) is 0.121. The molecular weight excluding hydrogens is 542 g/mol. The zero-order valence-corrected chi connectivity index (χ0v) is 24.3. The Balaban J connectivity index is 2.69. The summed E-state index contributed by atoms with van der Waals surface area (Å²) in [5, 5.41) is 30.6. The number of carboxylic acid groups (broad SMARTS) is 3. The molecule has 0 aromatic heterocycles. The van der Waals surface area contributed by atoms with Crippen molar-refractivity contribution < 1.29 is 48.8 Å². The van der Waals surface area contributed by atoms with Gasteiger partial charge in [-0.15, -0.1) is 0 Å². The van der Waals surface area contributed by atoms with Gasteiger partial charge in [0.25, 0.3) is 0 Å². The van der Waals surface area contributed by atoms with E-state index in [9.17, 15) is 39.3 Å². The maximum absolute atomic E-state index is 12.6. The highest BCUT2D eigenvalue weighted by Crippen LogP contribution is 2.03. The summed E-state index contributed by atoms with van der Waals surface area (Å²) < 4.78 is 10.6. The van der Waals surface area contributed by atoms with E-state index in [0.717, 1.165) is 0 Å². The molecule has 0 aromatic rings. The average Bonchev–Trinajstić information content (AvgIpc) is 2.87. The maximum atomic E-state index is 12.6. The molecule has 0 radical (unpaired) electrons. The van der Waals surface area contributed by atoms with Crippen molar-refractivity contribution >= 4 is 29.6 Å². The monoisotopic (exact) mass is 589 g/mol. The molecule has 0 unspecified atom stereocenters. The molecule has 0 bridgehead atoms. The first kappa shape index (κ1) is 36.3. The van der Waals surface area contributed by atoms with E-state index in [-0.39, 0.29) is 70.3 Å². The third-order valence-corrected chi connectivity index (χ3v) is 6.44. The summed E-state index contributed by atoms with van der Waals surface area (Å²) in [7, 11) is 0. The first-order valence-electron chi connectivity index (χ1n) is 14.0. The van der Waals surface area contributed by atoms with Crippen molar-refractivity contribution in [2.75, 3.05) is 105 Å². The number of amides is 1. The number of carbonyl (C=O) groups excluding carboxylic acids is 2. The van der Waals surface area contributed by atoms with Crippen LogP contribution < -0.4 is 5.32 Å². The van der Waals surface area contributed by atoms with E-state index in [1.807, 2.05) is 4.90 Å². The molecule has 1 aliphatic rings. The molecule has 4 N–H and O–H groups in total. The summed E-state index contributed by atoms with van der Waals surface area (Å²) in [5.74, 6) is -3.31. The van der Waals surface area contributed by atoms with Crippen molar-refractivity contribution in [1.29, 1.82) is 0 Å². The fourth-order valence-electron chi connectivity index (χ4n) is 4.18. The zero-order chi connectivity index (χ0) is 30.6. The lowest BCUT2D eigenvalue weighted by Gasteiger charge is -2.30. The summed E-state index contributed by atoms with van der Waals surface area (Å²) in [4.78, 5) is 65.4. The minimum absolute atomic E-state index is 0.00344. The van der Waals surface area contributed by atoms with Crippen LogP contribution in [-0.2, 0) is 33.4 Å². The van der Waals surface area contributed by atoms with E-state index >= 15 is 0 Å². The predicted molar refractivity (Wildman–Crippen MR) is 148 cm³/mol. The van der Waals surface area contributed by atoms with Crippen LogP contribution in [0.2, 0.25) is 0 Å². The summed E-state index contributed by atoms with van der Waals surface area (Å²) in [6.07, 6.45) is 1.09. The second-order valence-corrected chi connectivity index (χ2v) is 10.3. The van der Waals surface area contributed by atoms with Crippen LogP contribution in [0.3, 0.4) is 0 Å². The molecule has 0 spiro atoms. The second-order valence-electron chi connectivity index (χ2n) is 10.3. The lowest BCUT2D eigenvalue weighted by molar-refractivity contribution is -0.140. The summed E-state index contributed by atoms with van der Waals surface area (Å²) in [6.45, 7) is 6.83. The molecule has 1 fully saturated rings. The number of carboxylic acids is 3. The second kappa shape index (κ2) is 21.1. The molecule has 1 rings (SSSR count). The maximum Gasteiger partial charge on any atom is 0.317 e. The number of ketones is 1. The van der Waals surface area contributed by atoms with Crippen LogP contribution in [-0.4, -0.2) is 170 Å². The number of Topliss-reactive ketones (excluding diaryl/α,β-unsaturated/α-hetero) is 1. The Morgan fingerprint density at radius 1 is 0.634 bits per heavy atom. The Morgan fingerprint density at radius 3 is 1.41 bits per heavy atom. The number of nitrogens with one attached hydrogen (secondary N) is 1. The minimum Gasteiger partial charge on any atom is -0.480 e. The van der Waals surface area contributed by atoms with Crippen LogP contribution >= 0.6 is 0 Å². The molecule has 1 saturated heterocycles. The summed E-state index contributed by atoms with van der Waals surface area (Å²) in [6, 6.07) is 0. The van der Waals surface area contributed by atoms with Gasteiger partial charge in [-0.1, -0.05) is 13.8 Å². The Morgan fingerprint density at radius 2 is 1.02 bits per heavy atom. The standard InChI is InChI=1S/C26H47N5O10/c1-21(2)22(32)19-40-13-14-41-20-27-23(33)15-28-5-3-6-30(17-25(36)37)11-12-31(18-26(38)39)8-4-7-29(10-9-28)16-24(34)35/h21H,3-20H2,1-2H3,(H,27,33)(H,34,35)(H,36,37)(H,38,39). The third kappa shape index (κ3) is 19.1. The molecule has 0 saturated carbocycles. The largest absolute Gasteiger partial charge is 0.480 e. The van der Waals surface area contributed by atoms with E-state index < -0.39 is 17.9 Å². The van der Waals surface area contributed by atoms with Crippen molar-refractivity contribution in [1.82, 2.24) is 24.9 Å². The van der Waals surface area contributed by atoms with Crippen molar-refractivity contribution in [2.24, 2.45) is 5.92 Å². The van der Waals surface area contributed by atoms with Crippen molar-refractivity contribution in [3.8, 4) is 0 Å². The minimum atomic E-state index is -0.982. The highest BCUT2D eigenvalue weighted by atomic mass is 16.5. The third-order valence-electron chi connectivity index (χ3n) is 6.44. The Labute approximate surface area is 241 Å². The van der Waals surface area contributed by atoms with Gasteiger partial charge >= 0.3 is 17.9 Å². The molecule has 0 aromatic carbocycles. The van der Waals surface area contributed by atoms with Crippen LogP contribution in [0, 0.1) is 5.92 Å². The van der Waals surface area contributed by atoms with Gasteiger partial charge in [-0.05, 0) is 19.4 Å². The first-order chi connectivity index (χ1) is 19.5. The molecular formula is C26H47N5O10. The normalized spacial score (nSPS) is 17.6. The number of aliphatic carboxylic acids is 3. The molecule has 1 aliphatic heterocycles. The van der Waals surface area contributed by atoms with Crippen LogP contribution in [0.5, 0.6) is 0 Å². The van der Waals surface area contributed by atoms with E-state index in [0.29, 0.717) is 65.2 Å². The number of ether oxygens (including phenoxy) is 2. The topological polar surface area (TPSA) is 189 Å². The van der Waals surface area contributed by atoms with Gasteiger partial charge in [0.05, 0.1) is 39.4 Å². The Kier molecular flexibility index (Phi) is 18.7. The van der Waals surface area contributed by atoms with Gasteiger partial charge in [0.2, 0.25) is 5.91 Å². The number of hydrogen-bond donors (Lipinski definition) is 4. The molecule has 15 nitrogen and oxygen atoms in total. The van der Waals surface area contributed by atoms with Gasteiger partial charge in [0.15, 0.2) is 5.78 Å². The van der Waals surface area contributed by atoms with E-state index in [1.165, 1.54) is 0 Å². The van der Waals surface area contributed by atoms with E-state index in [1.54, 1.807) is 28.5 Å². The molecule has 41 heavy (non-hydrogen) atoms. The van der Waals surface area contributed by atoms with Crippen molar-refractivity contribution in [2.45, 2.75) is 26.7 Å². The fraction of sp³-hybridized carbons (Fsp3) is 0.808. The summed E-state index contributed by atoms with van der Waals surface area (Å²) in [5.41, 5.74) is 0. The Hall–Kier alpha value is -2.69. The molecule has 1 heterocycles. The number of hydrogen-bond acceptors (Lipinski definition) is 11. The Bertz CT molecular complexity index is 828.